The van der Waals surface area contributed by atoms with Gasteiger partial charge in [0.05, 0.1) is 38.1 Å². The van der Waals surface area contributed by atoms with Crippen molar-refractivity contribution < 1.29 is 24.1 Å². The first kappa shape index (κ1) is 38.5. The molecule has 4 rings (SSSR count). The summed E-state index contributed by atoms with van der Waals surface area (Å²) in [6.07, 6.45) is 11.1. The van der Waals surface area contributed by atoms with Gasteiger partial charge < -0.3 is 24.1 Å². The first-order valence-electron chi connectivity index (χ1n) is 18.7. The molecule has 0 saturated carbocycles. The third-order valence-electron chi connectivity index (χ3n) is 9.20. The minimum absolute atomic E-state index is 0.0404. The van der Waals surface area contributed by atoms with Crippen molar-refractivity contribution in [2.75, 3.05) is 26.9 Å². The number of ether oxygens (including phenoxy) is 4. The maximum atomic E-state index is 11.3. The van der Waals surface area contributed by atoms with Crippen LogP contribution in [-0.4, -0.2) is 47.0 Å². The first-order chi connectivity index (χ1) is 24.4. The Bertz CT molecular complexity index is 1590. The average Bonchev–Trinajstić information content (AvgIpc) is 3.15. The summed E-state index contributed by atoms with van der Waals surface area (Å²) < 4.78 is 24.2. The number of methoxy groups -OCH3 is 1. The first-order valence-corrected chi connectivity index (χ1v) is 18.7. The van der Waals surface area contributed by atoms with Gasteiger partial charge in [-0.05, 0) is 79.6 Å². The molecule has 1 aromatic heterocycles. The van der Waals surface area contributed by atoms with E-state index in [2.05, 4.69) is 34.6 Å². The zero-order valence-electron chi connectivity index (χ0n) is 31.0. The maximum absolute atomic E-state index is 11.3. The molecular formula is C42H57N3O5. The van der Waals surface area contributed by atoms with Crippen LogP contribution in [0.5, 0.6) is 28.7 Å². The van der Waals surface area contributed by atoms with Gasteiger partial charge >= 0.3 is 0 Å². The topological polar surface area (TPSA) is 95.8 Å². The van der Waals surface area contributed by atoms with E-state index in [1.807, 2.05) is 54.6 Å². The van der Waals surface area contributed by atoms with Crippen molar-refractivity contribution >= 4 is 0 Å². The van der Waals surface area contributed by atoms with E-state index in [0.29, 0.717) is 66.2 Å². The van der Waals surface area contributed by atoms with Gasteiger partial charge in [-0.2, -0.15) is 0 Å². The lowest BCUT2D eigenvalue weighted by molar-refractivity contribution is 0.231. The van der Waals surface area contributed by atoms with Gasteiger partial charge in [-0.1, -0.05) is 79.6 Å². The standard InChI is InChI=1S/C42H57N3O5/c1-7-12-15-30(10-4)28-49-34-21-23-36(38(46)26-34)41-43-40(32-17-19-33(47-6)20-18-32)44-42(45-41)37-24-22-35(27-39(37)48-25-14-9-3)50-29-31(11-5)16-13-8-2/h17-24,26-27,30-31,46H,7-16,25,28-29H2,1-6H3. The van der Waals surface area contributed by atoms with Crippen LogP contribution in [0.1, 0.15) is 98.8 Å². The molecule has 0 spiro atoms. The summed E-state index contributed by atoms with van der Waals surface area (Å²) in [7, 11) is 1.64. The van der Waals surface area contributed by atoms with Crippen LogP contribution in [0.3, 0.4) is 0 Å². The Balaban J connectivity index is 1.73. The number of hydrogen-bond donors (Lipinski definition) is 1. The van der Waals surface area contributed by atoms with Crippen LogP contribution < -0.4 is 18.9 Å². The average molecular weight is 684 g/mol. The molecule has 0 amide bonds. The van der Waals surface area contributed by atoms with Gasteiger partial charge in [0.1, 0.15) is 28.7 Å². The molecule has 50 heavy (non-hydrogen) atoms. The number of hydrogen-bond acceptors (Lipinski definition) is 8. The number of phenolic OH excluding ortho intramolecular Hbond substituents is 1. The molecule has 8 nitrogen and oxygen atoms in total. The minimum atomic E-state index is 0.0404. The Morgan fingerprint density at radius 3 is 1.64 bits per heavy atom. The Morgan fingerprint density at radius 2 is 1.10 bits per heavy atom. The van der Waals surface area contributed by atoms with Crippen molar-refractivity contribution in [3.63, 3.8) is 0 Å². The summed E-state index contributed by atoms with van der Waals surface area (Å²) in [5.41, 5.74) is 2.00. The van der Waals surface area contributed by atoms with E-state index in [1.165, 1.54) is 25.7 Å². The van der Waals surface area contributed by atoms with Crippen molar-refractivity contribution in [2.24, 2.45) is 11.8 Å². The van der Waals surface area contributed by atoms with Crippen LogP contribution in [0.2, 0.25) is 0 Å². The normalized spacial score (nSPS) is 12.4. The largest absolute Gasteiger partial charge is 0.507 e. The van der Waals surface area contributed by atoms with Gasteiger partial charge in [-0.15, -0.1) is 0 Å². The highest BCUT2D eigenvalue weighted by molar-refractivity contribution is 5.73. The van der Waals surface area contributed by atoms with E-state index >= 15 is 0 Å². The lowest BCUT2D eigenvalue weighted by Gasteiger charge is -2.18. The van der Waals surface area contributed by atoms with Crippen LogP contribution in [0.25, 0.3) is 34.2 Å². The summed E-state index contributed by atoms with van der Waals surface area (Å²) in [5.74, 6) is 5.05. The number of unbranched alkanes of at least 4 members (excludes halogenated alkanes) is 3. The third kappa shape index (κ3) is 11.1. The summed E-state index contributed by atoms with van der Waals surface area (Å²) in [5, 5.41) is 11.3. The summed E-state index contributed by atoms with van der Waals surface area (Å²) >= 11 is 0. The van der Waals surface area contributed by atoms with E-state index < -0.39 is 0 Å². The number of aromatic nitrogens is 3. The monoisotopic (exact) mass is 683 g/mol. The molecule has 3 aromatic carbocycles. The van der Waals surface area contributed by atoms with E-state index in [9.17, 15) is 5.11 Å². The van der Waals surface area contributed by atoms with Gasteiger partial charge in [0.2, 0.25) is 0 Å². The summed E-state index contributed by atoms with van der Waals surface area (Å²) in [6, 6.07) is 18.8. The van der Waals surface area contributed by atoms with Crippen LogP contribution in [-0.2, 0) is 0 Å². The molecule has 0 saturated heterocycles. The third-order valence-corrected chi connectivity index (χ3v) is 9.20. The van der Waals surface area contributed by atoms with Gasteiger partial charge in [-0.3, -0.25) is 0 Å². The Morgan fingerprint density at radius 1 is 0.580 bits per heavy atom. The van der Waals surface area contributed by atoms with Gasteiger partial charge in [0, 0.05) is 17.7 Å². The molecule has 0 aliphatic carbocycles. The molecule has 0 radical (unpaired) electrons. The molecule has 0 aliphatic rings. The van der Waals surface area contributed by atoms with E-state index in [4.69, 9.17) is 33.9 Å². The smallest absolute Gasteiger partial charge is 0.167 e. The van der Waals surface area contributed by atoms with Crippen LogP contribution in [0, 0.1) is 11.8 Å². The highest BCUT2D eigenvalue weighted by Crippen LogP contribution is 2.37. The van der Waals surface area contributed by atoms with Crippen LogP contribution in [0.15, 0.2) is 60.7 Å². The Hall–Kier alpha value is -4.33. The highest BCUT2D eigenvalue weighted by Gasteiger charge is 2.19. The zero-order valence-corrected chi connectivity index (χ0v) is 31.0. The second-order valence-electron chi connectivity index (χ2n) is 13.0. The van der Waals surface area contributed by atoms with E-state index in [1.54, 1.807) is 13.2 Å². The molecule has 270 valence electrons. The quantitative estimate of drug-likeness (QED) is 0.0818. The van der Waals surface area contributed by atoms with Crippen LogP contribution >= 0.6 is 0 Å². The van der Waals surface area contributed by atoms with Crippen molar-refractivity contribution in [2.45, 2.75) is 98.8 Å². The predicted molar refractivity (Wildman–Crippen MR) is 202 cm³/mol. The summed E-state index contributed by atoms with van der Waals surface area (Å²) in [6.45, 7) is 12.8. The number of benzene rings is 3. The lowest BCUT2D eigenvalue weighted by atomic mass is 10.0. The van der Waals surface area contributed by atoms with E-state index in [0.717, 1.165) is 61.2 Å². The van der Waals surface area contributed by atoms with Gasteiger partial charge in [-0.25, -0.2) is 15.0 Å². The predicted octanol–water partition coefficient (Wildman–Crippen LogP) is 11.0. The number of rotatable bonds is 22. The molecule has 1 heterocycles. The molecule has 1 N–H and O–H groups in total. The minimum Gasteiger partial charge on any atom is -0.507 e. The lowest BCUT2D eigenvalue weighted by Crippen LogP contribution is -2.11. The van der Waals surface area contributed by atoms with Crippen molar-refractivity contribution in [3.05, 3.63) is 60.7 Å². The zero-order chi connectivity index (χ0) is 35.7. The molecule has 4 aromatic rings. The second-order valence-corrected chi connectivity index (χ2v) is 13.0. The highest BCUT2D eigenvalue weighted by atomic mass is 16.5. The van der Waals surface area contributed by atoms with Crippen molar-refractivity contribution in [3.8, 4) is 62.9 Å². The molecule has 2 unspecified atom stereocenters. The fourth-order valence-electron chi connectivity index (χ4n) is 5.72. The number of phenols is 1. The molecule has 2 atom stereocenters. The fraction of sp³-hybridized carbons (Fsp3) is 0.500. The van der Waals surface area contributed by atoms with E-state index in [-0.39, 0.29) is 5.75 Å². The molecule has 8 heteroatoms. The van der Waals surface area contributed by atoms with Crippen molar-refractivity contribution in [1.29, 1.82) is 0 Å². The molecular weight excluding hydrogens is 626 g/mol. The van der Waals surface area contributed by atoms with Gasteiger partial charge in [0.25, 0.3) is 0 Å². The van der Waals surface area contributed by atoms with Crippen LogP contribution in [0.4, 0.5) is 0 Å². The van der Waals surface area contributed by atoms with Gasteiger partial charge in [0.15, 0.2) is 17.5 Å². The molecule has 0 bridgehead atoms. The summed E-state index contributed by atoms with van der Waals surface area (Å²) in [4.78, 5) is 14.7. The second kappa shape index (κ2) is 20.4. The molecule has 0 fully saturated rings. The fourth-order valence-corrected chi connectivity index (χ4v) is 5.72. The maximum Gasteiger partial charge on any atom is 0.167 e. The number of nitrogens with zero attached hydrogens (tertiary/aromatic N) is 3. The molecule has 0 aliphatic heterocycles. The SMILES string of the molecule is CCCCOc1cc(OCC(CC)CCCC)ccc1-c1nc(-c2ccc(OC)cc2)nc(-c2ccc(OCC(CC)CCCC)cc2O)n1. The Kier molecular flexibility index (Phi) is 15.7. The number of aromatic hydroxyl groups is 1. The Labute approximate surface area is 299 Å². The van der Waals surface area contributed by atoms with Crippen molar-refractivity contribution in [1.82, 2.24) is 15.0 Å².